The molecule has 0 aliphatic rings. The van der Waals surface area contributed by atoms with Gasteiger partial charge >= 0.3 is 5.97 Å². The first-order valence-electron chi connectivity index (χ1n) is 13.5. The number of rotatable bonds is 16. The Morgan fingerprint density at radius 3 is 2.00 bits per heavy atom. The molecule has 14 nitrogen and oxygen atoms in total. The summed E-state index contributed by atoms with van der Waals surface area (Å²) in [6.45, 7) is 0. The number of carboxylic acid groups (broad SMARTS) is 1. The van der Waals surface area contributed by atoms with Crippen LogP contribution in [0.1, 0.15) is 30.4 Å². The van der Waals surface area contributed by atoms with E-state index >= 15 is 0 Å². The number of nitrogens with one attached hydrogen (secondary N) is 4. The first-order valence-corrected chi connectivity index (χ1v) is 13.5. The van der Waals surface area contributed by atoms with Gasteiger partial charge in [-0.3, -0.25) is 24.0 Å². The van der Waals surface area contributed by atoms with E-state index in [9.17, 15) is 33.9 Å². The van der Waals surface area contributed by atoms with Crippen molar-refractivity contribution in [3.8, 4) is 0 Å². The normalized spacial score (nSPS) is 13.7. The van der Waals surface area contributed by atoms with Gasteiger partial charge in [-0.15, -0.1) is 0 Å². The number of aliphatic carboxylic acids is 1. The third kappa shape index (κ3) is 9.67. The Kier molecular flexibility index (Phi) is 11.3. The average molecular weight is 594 g/mol. The molecule has 0 radical (unpaired) electrons. The van der Waals surface area contributed by atoms with Crippen LogP contribution in [-0.4, -0.2) is 69.8 Å². The van der Waals surface area contributed by atoms with Crippen molar-refractivity contribution in [2.24, 2.45) is 17.2 Å². The second kappa shape index (κ2) is 15.1. The lowest BCUT2D eigenvalue weighted by atomic mass is 10.0. The summed E-state index contributed by atoms with van der Waals surface area (Å²) in [6.07, 6.45) is 0.595. The first-order chi connectivity index (χ1) is 20.4. The number of aromatic amines is 1. The third-order valence-electron chi connectivity index (χ3n) is 6.70. The van der Waals surface area contributed by atoms with Gasteiger partial charge in [0.15, 0.2) is 0 Å². The van der Waals surface area contributed by atoms with Gasteiger partial charge in [0.05, 0.1) is 12.5 Å². The van der Waals surface area contributed by atoms with Gasteiger partial charge < -0.3 is 43.2 Å². The molecule has 11 N–H and O–H groups in total. The number of hydrogen-bond donors (Lipinski definition) is 8. The van der Waals surface area contributed by atoms with Crippen molar-refractivity contribution < 1.29 is 33.9 Å². The zero-order valence-corrected chi connectivity index (χ0v) is 23.2. The molecule has 5 amide bonds. The van der Waals surface area contributed by atoms with Gasteiger partial charge in [-0.1, -0.05) is 48.5 Å². The number of carbonyl (C=O) groups excluding carboxylic acids is 5. The molecule has 4 unspecified atom stereocenters. The summed E-state index contributed by atoms with van der Waals surface area (Å²) in [4.78, 5) is 77.2. The second-order valence-corrected chi connectivity index (χ2v) is 10.1. The van der Waals surface area contributed by atoms with Crippen LogP contribution in [0, 0.1) is 0 Å². The Morgan fingerprint density at radius 2 is 1.35 bits per heavy atom. The molecule has 1 aromatic heterocycles. The SMILES string of the molecule is NC(=O)CCC(NC(=O)C(Cc1c[nH]c2ccccc12)NC(=O)C(N)Cc1ccccc1)C(=O)NC(CC(N)=O)C(=O)O. The predicted molar refractivity (Wildman–Crippen MR) is 156 cm³/mol. The van der Waals surface area contributed by atoms with E-state index in [2.05, 4.69) is 20.9 Å². The topological polar surface area (TPSA) is 253 Å². The van der Waals surface area contributed by atoms with Gasteiger partial charge in [-0.25, -0.2) is 4.79 Å². The van der Waals surface area contributed by atoms with Gasteiger partial charge in [0.1, 0.15) is 18.1 Å². The largest absolute Gasteiger partial charge is 0.480 e. The fraction of sp³-hybridized carbons (Fsp3) is 0.310. The minimum atomic E-state index is -1.67. The Bertz CT molecular complexity index is 1470. The molecular weight excluding hydrogens is 558 g/mol. The summed E-state index contributed by atoms with van der Waals surface area (Å²) in [6, 6.07) is 11.1. The second-order valence-electron chi connectivity index (χ2n) is 10.1. The van der Waals surface area contributed by atoms with Gasteiger partial charge in [0.2, 0.25) is 29.5 Å². The fourth-order valence-electron chi connectivity index (χ4n) is 4.47. The Labute approximate surface area is 246 Å². The van der Waals surface area contributed by atoms with Crippen LogP contribution < -0.4 is 33.2 Å². The van der Waals surface area contributed by atoms with Crippen molar-refractivity contribution in [1.29, 1.82) is 0 Å². The first kappa shape index (κ1) is 32.3. The number of carbonyl (C=O) groups is 6. The van der Waals surface area contributed by atoms with Crippen LogP contribution in [0.4, 0.5) is 0 Å². The number of nitrogens with two attached hydrogens (primary N) is 3. The highest BCUT2D eigenvalue weighted by molar-refractivity contribution is 5.95. The number of fused-ring (bicyclic) bond motifs is 1. The smallest absolute Gasteiger partial charge is 0.326 e. The minimum Gasteiger partial charge on any atom is -0.480 e. The van der Waals surface area contributed by atoms with E-state index in [1.54, 1.807) is 6.20 Å². The van der Waals surface area contributed by atoms with E-state index < -0.39 is 66.1 Å². The molecule has 3 rings (SSSR count). The number of primary amides is 2. The summed E-state index contributed by atoms with van der Waals surface area (Å²) < 4.78 is 0. The molecule has 3 aromatic rings. The molecule has 0 aliphatic carbocycles. The summed E-state index contributed by atoms with van der Waals surface area (Å²) in [7, 11) is 0. The molecule has 1 heterocycles. The quantitative estimate of drug-likeness (QED) is 0.102. The Hall–Kier alpha value is -5.24. The van der Waals surface area contributed by atoms with Gasteiger partial charge in [-0.05, 0) is 30.0 Å². The average Bonchev–Trinajstić information content (AvgIpc) is 3.37. The van der Waals surface area contributed by atoms with Crippen LogP contribution in [0.2, 0.25) is 0 Å². The van der Waals surface area contributed by atoms with E-state index in [0.29, 0.717) is 5.56 Å². The lowest BCUT2D eigenvalue weighted by molar-refractivity contribution is -0.144. The standard InChI is InChI=1S/C29H35N7O7/c30-19(12-16-6-2-1-3-7-16)26(39)35-22(13-17-15-33-20-9-5-4-8-18(17)20)28(41)34-21(10-11-24(31)37)27(40)36-23(29(42)43)14-25(32)38/h1-9,15,19,21-23,33H,10-14,30H2,(H2,31,37)(H2,32,38)(H,34,41)(H,35,39)(H,36,40)(H,42,43). The van der Waals surface area contributed by atoms with Crippen LogP contribution in [-0.2, 0) is 41.6 Å². The van der Waals surface area contributed by atoms with Crippen LogP contribution in [0.5, 0.6) is 0 Å². The van der Waals surface area contributed by atoms with Gasteiger partial charge in [-0.2, -0.15) is 0 Å². The fourth-order valence-corrected chi connectivity index (χ4v) is 4.47. The third-order valence-corrected chi connectivity index (χ3v) is 6.70. The molecule has 0 aliphatic heterocycles. The molecule has 4 atom stereocenters. The lowest BCUT2D eigenvalue weighted by Crippen LogP contribution is -2.58. The molecule has 228 valence electrons. The predicted octanol–water partition coefficient (Wildman–Crippen LogP) is -1.04. The Morgan fingerprint density at radius 1 is 0.744 bits per heavy atom. The number of benzene rings is 2. The lowest BCUT2D eigenvalue weighted by Gasteiger charge is -2.25. The molecule has 0 bridgehead atoms. The van der Waals surface area contributed by atoms with Crippen LogP contribution in [0.3, 0.4) is 0 Å². The molecule has 0 saturated carbocycles. The van der Waals surface area contributed by atoms with E-state index in [1.165, 1.54) is 0 Å². The van der Waals surface area contributed by atoms with Crippen molar-refractivity contribution in [1.82, 2.24) is 20.9 Å². The minimum absolute atomic E-state index is 0.00320. The monoisotopic (exact) mass is 593 g/mol. The molecular formula is C29H35N7O7. The van der Waals surface area contributed by atoms with E-state index in [0.717, 1.165) is 16.5 Å². The zero-order valence-electron chi connectivity index (χ0n) is 23.2. The maximum Gasteiger partial charge on any atom is 0.326 e. The Balaban J connectivity index is 1.84. The van der Waals surface area contributed by atoms with Crippen molar-refractivity contribution in [2.75, 3.05) is 0 Å². The number of amides is 5. The van der Waals surface area contributed by atoms with E-state index in [-0.39, 0.29) is 25.7 Å². The molecule has 0 fully saturated rings. The van der Waals surface area contributed by atoms with Gasteiger partial charge in [0.25, 0.3) is 0 Å². The summed E-state index contributed by atoms with van der Waals surface area (Å²) in [5, 5.41) is 17.5. The van der Waals surface area contributed by atoms with Crippen molar-refractivity contribution in [2.45, 2.75) is 56.3 Å². The molecule has 14 heteroatoms. The van der Waals surface area contributed by atoms with Crippen molar-refractivity contribution >= 4 is 46.4 Å². The van der Waals surface area contributed by atoms with Crippen LogP contribution in [0.15, 0.2) is 60.8 Å². The number of carboxylic acids is 1. The molecule has 0 saturated heterocycles. The highest BCUT2D eigenvalue weighted by atomic mass is 16.4. The highest BCUT2D eigenvalue weighted by Gasteiger charge is 2.31. The van der Waals surface area contributed by atoms with Crippen molar-refractivity contribution in [3.05, 3.63) is 71.9 Å². The van der Waals surface area contributed by atoms with Crippen LogP contribution in [0.25, 0.3) is 10.9 Å². The molecule has 0 spiro atoms. The molecule has 2 aromatic carbocycles. The van der Waals surface area contributed by atoms with E-state index in [4.69, 9.17) is 17.2 Å². The van der Waals surface area contributed by atoms with E-state index in [1.807, 2.05) is 54.6 Å². The molecule has 43 heavy (non-hydrogen) atoms. The zero-order chi connectivity index (χ0) is 31.5. The number of H-pyrrole nitrogens is 1. The number of hydrogen-bond acceptors (Lipinski definition) is 7. The summed E-state index contributed by atoms with van der Waals surface area (Å²) in [5.41, 5.74) is 18.8. The maximum absolute atomic E-state index is 13.6. The van der Waals surface area contributed by atoms with Crippen molar-refractivity contribution in [3.63, 3.8) is 0 Å². The maximum atomic E-state index is 13.6. The summed E-state index contributed by atoms with van der Waals surface area (Å²) in [5.74, 6) is -5.66. The highest BCUT2D eigenvalue weighted by Crippen LogP contribution is 2.19. The van der Waals surface area contributed by atoms with Gasteiger partial charge in [0, 0.05) is 29.9 Å². The number of aromatic nitrogens is 1. The number of para-hydroxylation sites is 1. The van der Waals surface area contributed by atoms with Crippen LogP contribution >= 0.6 is 0 Å². The summed E-state index contributed by atoms with van der Waals surface area (Å²) >= 11 is 0.